The van der Waals surface area contributed by atoms with Gasteiger partial charge in [0.1, 0.15) is 0 Å². The molecule has 228 valence electrons. The molecule has 5 aromatic carbocycles. The predicted molar refractivity (Wildman–Crippen MR) is 200 cm³/mol. The van der Waals surface area contributed by atoms with E-state index in [0.717, 1.165) is 67.2 Å². The molecule has 0 bridgehead atoms. The lowest BCUT2D eigenvalue weighted by molar-refractivity contribution is 0.723. The highest BCUT2D eigenvalue weighted by molar-refractivity contribution is 7.26. The van der Waals surface area contributed by atoms with Crippen LogP contribution in [0.5, 0.6) is 0 Å². The first-order valence-electron chi connectivity index (χ1n) is 16.4. The van der Waals surface area contributed by atoms with Crippen molar-refractivity contribution in [2.75, 3.05) is 4.90 Å². The molecule has 3 aromatic heterocycles. The second kappa shape index (κ2) is 10.6. The Bertz CT molecular complexity index is 2630. The number of para-hydroxylation sites is 3. The van der Waals surface area contributed by atoms with Crippen molar-refractivity contribution in [3.8, 4) is 22.6 Å². The highest BCUT2D eigenvalue weighted by Crippen LogP contribution is 2.49. The van der Waals surface area contributed by atoms with E-state index in [2.05, 4.69) is 150 Å². The fraction of sp³-hybridized carbons (Fsp3) is 0.0714. The van der Waals surface area contributed by atoms with Crippen molar-refractivity contribution >= 4 is 71.3 Å². The minimum Gasteiger partial charge on any atom is -0.281 e. The van der Waals surface area contributed by atoms with Gasteiger partial charge >= 0.3 is 0 Å². The number of hydrogen-bond acceptors (Lipinski definition) is 5. The van der Waals surface area contributed by atoms with Gasteiger partial charge in [-0.3, -0.25) is 9.47 Å². The molecule has 1 aliphatic carbocycles. The van der Waals surface area contributed by atoms with Gasteiger partial charge in [-0.1, -0.05) is 110 Å². The van der Waals surface area contributed by atoms with Gasteiger partial charge in [0.25, 0.3) is 0 Å². The number of benzene rings is 5. The fourth-order valence-corrected chi connectivity index (χ4v) is 8.53. The molecule has 6 heteroatoms. The Morgan fingerprint density at radius 1 is 0.729 bits per heavy atom. The summed E-state index contributed by atoms with van der Waals surface area (Å²) in [7, 11) is 0. The molecule has 0 N–H and O–H groups in total. The second-order valence-electron chi connectivity index (χ2n) is 12.5. The van der Waals surface area contributed by atoms with Crippen LogP contribution in [0.25, 0.3) is 65.3 Å². The molecule has 0 saturated carbocycles. The average Bonchev–Trinajstić information content (AvgIpc) is 3.67. The third-order valence-corrected chi connectivity index (χ3v) is 10.7. The van der Waals surface area contributed by atoms with Crippen molar-refractivity contribution in [3.05, 3.63) is 145 Å². The van der Waals surface area contributed by atoms with Crippen LogP contribution >= 0.6 is 11.3 Å². The maximum Gasteiger partial charge on any atom is 0.220 e. The summed E-state index contributed by atoms with van der Waals surface area (Å²) in [5.41, 5.74) is 11.9. The van der Waals surface area contributed by atoms with Crippen molar-refractivity contribution in [3.63, 3.8) is 0 Å². The summed E-state index contributed by atoms with van der Waals surface area (Å²) in [5.74, 6) is 1.92. The Labute approximate surface area is 281 Å². The average molecular weight is 636 g/mol. The van der Waals surface area contributed by atoms with Gasteiger partial charge in [-0.15, -0.1) is 11.3 Å². The lowest BCUT2D eigenvalue weighted by Crippen LogP contribution is -2.16. The third-order valence-electron chi connectivity index (χ3n) is 9.57. The van der Waals surface area contributed by atoms with Crippen LogP contribution in [0.15, 0.2) is 140 Å². The van der Waals surface area contributed by atoms with Crippen molar-refractivity contribution in [2.24, 2.45) is 5.92 Å². The Hall–Kier alpha value is -5.85. The number of aromatic nitrogens is 4. The Balaban J connectivity index is 1.23. The smallest absolute Gasteiger partial charge is 0.220 e. The molecule has 0 amide bonds. The topological polar surface area (TPSA) is 46.8 Å². The van der Waals surface area contributed by atoms with Gasteiger partial charge in [0.15, 0.2) is 5.82 Å². The van der Waals surface area contributed by atoms with E-state index in [1.807, 2.05) is 6.07 Å². The minimum atomic E-state index is 0.331. The van der Waals surface area contributed by atoms with E-state index in [1.165, 1.54) is 21.5 Å². The molecule has 10 rings (SSSR count). The first-order valence-corrected chi connectivity index (χ1v) is 17.2. The van der Waals surface area contributed by atoms with E-state index in [0.29, 0.717) is 11.7 Å². The van der Waals surface area contributed by atoms with Gasteiger partial charge in [-0.25, -0.2) is 15.0 Å². The highest BCUT2D eigenvalue weighted by atomic mass is 32.1. The molecule has 0 saturated heterocycles. The van der Waals surface area contributed by atoms with Crippen molar-refractivity contribution in [1.82, 2.24) is 19.5 Å². The van der Waals surface area contributed by atoms with Crippen LogP contribution in [-0.2, 0) is 0 Å². The molecule has 1 atom stereocenters. The SMILES string of the molecule is CC1CC=CC2=C1n1c(nc3ccccc31)N(c1cccc(-c3nc(-c4ccccc4)c4sc5ccccc5c4n3)c1)c1ccccc12. The van der Waals surface area contributed by atoms with E-state index < -0.39 is 0 Å². The lowest BCUT2D eigenvalue weighted by atomic mass is 9.89. The highest BCUT2D eigenvalue weighted by Gasteiger charge is 2.33. The van der Waals surface area contributed by atoms with E-state index in [4.69, 9.17) is 15.0 Å². The first kappa shape index (κ1) is 27.3. The quantitative estimate of drug-likeness (QED) is 0.194. The van der Waals surface area contributed by atoms with Gasteiger partial charge < -0.3 is 0 Å². The van der Waals surface area contributed by atoms with Crippen LogP contribution in [0.4, 0.5) is 17.3 Å². The van der Waals surface area contributed by atoms with Crippen molar-refractivity contribution in [1.29, 1.82) is 0 Å². The van der Waals surface area contributed by atoms with Gasteiger partial charge in [-0.2, -0.15) is 0 Å². The van der Waals surface area contributed by atoms with Crippen LogP contribution in [0.2, 0.25) is 0 Å². The molecule has 4 heterocycles. The van der Waals surface area contributed by atoms with Gasteiger partial charge in [0.05, 0.1) is 32.6 Å². The fourth-order valence-electron chi connectivity index (χ4n) is 7.38. The predicted octanol–water partition coefficient (Wildman–Crippen LogP) is 11.3. The standard InChI is InChI=1S/C42H29N5S/c1-26-13-11-20-31-30-18-5-8-22-34(30)46(42-43-33-21-7-9-23-35(33)47(42)39(26)31)29-17-12-16-28(25-29)41-44-37(27-14-3-2-4-15-27)40-38(45-41)32-19-6-10-24-36(32)48-40/h2-12,14-26H,13H2,1H3. The van der Waals surface area contributed by atoms with Crippen LogP contribution in [0.1, 0.15) is 18.9 Å². The van der Waals surface area contributed by atoms with Crippen LogP contribution in [-0.4, -0.2) is 19.5 Å². The lowest BCUT2D eigenvalue weighted by Gasteiger charge is -2.26. The minimum absolute atomic E-state index is 0.331. The molecule has 5 nitrogen and oxygen atoms in total. The summed E-state index contributed by atoms with van der Waals surface area (Å²) < 4.78 is 4.71. The normalized spacial score (nSPS) is 15.5. The molecule has 1 aliphatic heterocycles. The van der Waals surface area contributed by atoms with Gasteiger partial charge in [0.2, 0.25) is 5.95 Å². The summed E-state index contributed by atoms with van der Waals surface area (Å²) >= 11 is 1.76. The molecule has 0 fully saturated rings. The van der Waals surface area contributed by atoms with Gasteiger partial charge in [0, 0.05) is 49.7 Å². The molecular formula is C42H29N5S. The third kappa shape index (κ3) is 4.06. The van der Waals surface area contributed by atoms with Crippen LogP contribution in [0.3, 0.4) is 0 Å². The summed E-state index contributed by atoms with van der Waals surface area (Å²) in [4.78, 5) is 18.2. The van der Waals surface area contributed by atoms with E-state index in [1.54, 1.807) is 11.3 Å². The molecule has 1 unspecified atom stereocenters. The van der Waals surface area contributed by atoms with E-state index >= 15 is 0 Å². The summed E-state index contributed by atoms with van der Waals surface area (Å²) in [6.45, 7) is 2.32. The summed E-state index contributed by atoms with van der Waals surface area (Å²) in [6.07, 6.45) is 5.59. The van der Waals surface area contributed by atoms with E-state index in [9.17, 15) is 0 Å². The number of anilines is 3. The molecular weight excluding hydrogens is 607 g/mol. The largest absolute Gasteiger partial charge is 0.281 e. The zero-order valence-electron chi connectivity index (χ0n) is 26.2. The second-order valence-corrected chi connectivity index (χ2v) is 13.6. The Morgan fingerprint density at radius 3 is 2.46 bits per heavy atom. The number of rotatable bonds is 3. The Morgan fingerprint density at radius 2 is 1.52 bits per heavy atom. The molecule has 0 radical (unpaired) electrons. The maximum absolute atomic E-state index is 5.32. The van der Waals surface area contributed by atoms with E-state index in [-0.39, 0.29) is 0 Å². The summed E-state index contributed by atoms with van der Waals surface area (Å²) in [5, 5.41) is 1.16. The van der Waals surface area contributed by atoms with Gasteiger partial charge in [-0.05, 0) is 42.8 Å². The molecule has 2 aliphatic rings. The maximum atomic E-state index is 5.32. The summed E-state index contributed by atoms with van der Waals surface area (Å²) in [6, 6.07) is 44.8. The zero-order chi connectivity index (χ0) is 31.8. The molecule has 48 heavy (non-hydrogen) atoms. The molecule has 8 aromatic rings. The van der Waals surface area contributed by atoms with Crippen molar-refractivity contribution < 1.29 is 0 Å². The number of fused-ring (bicyclic) bond motifs is 9. The Kier molecular flexibility index (Phi) is 6.02. The van der Waals surface area contributed by atoms with Crippen LogP contribution in [0, 0.1) is 5.92 Å². The van der Waals surface area contributed by atoms with Crippen molar-refractivity contribution in [2.45, 2.75) is 13.3 Å². The number of nitrogens with zero attached hydrogens (tertiary/aromatic N) is 5. The molecule has 0 spiro atoms. The number of hydrogen-bond donors (Lipinski definition) is 0. The number of imidazole rings is 1. The number of allylic oxidation sites excluding steroid dienone is 4. The zero-order valence-corrected chi connectivity index (χ0v) is 27.0. The van der Waals surface area contributed by atoms with Crippen LogP contribution < -0.4 is 4.90 Å². The number of thiophene rings is 1. The monoisotopic (exact) mass is 635 g/mol. The first-order chi connectivity index (χ1) is 23.7.